The maximum Gasteiger partial charge on any atom is 0.347 e. The fourth-order valence-electron chi connectivity index (χ4n) is 1.31. The lowest BCUT2D eigenvalue weighted by Gasteiger charge is -2.09. The maximum atomic E-state index is 11.8. The maximum absolute atomic E-state index is 11.8. The van der Waals surface area contributed by atoms with Gasteiger partial charge in [0, 0.05) is 6.54 Å². The predicted molar refractivity (Wildman–Crippen MR) is 67.4 cm³/mol. The number of hydrogen-bond donors (Lipinski definition) is 3. The van der Waals surface area contributed by atoms with Crippen molar-refractivity contribution in [3.8, 4) is 0 Å². The molecule has 0 saturated heterocycles. The van der Waals surface area contributed by atoms with Crippen LogP contribution in [-0.2, 0) is 10.0 Å². The van der Waals surface area contributed by atoms with Gasteiger partial charge in [0.2, 0.25) is 10.0 Å². The highest BCUT2D eigenvalue weighted by molar-refractivity contribution is 7.89. The molecule has 0 radical (unpaired) electrons. The average Bonchev–Trinajstić information content (AvgIpc) is 2.78. The molecule has 6 nitrogen and oxygen atoms in total. The first kappa shape index (κ1) is 15.1. The summed E-state index contributed by atoms with van der Waals surface area (Å²) < 4.78 is 26.0. The number of rotatable bonds is 7. The lowest BCUT2D eigenvalue weighted by atomic mass is 10.2. The lowest BCUT2D eigenvalue weighted by molar-refractivity contribution is 0.0698. The second-order valence-electron chi connectivity index (χ2n) is 3.67. The molecule has 1 atom stereocenters. The SMILES string of the molecule is CCC(O)CCNS(=O)(=O)c1ccsc1C(=O)O. The van der Waals surface area contributed by atoms with Gasteiger partial charge in [0.15, 0.2) is 0 Å². The van der Waals surface area contributed by atoms with E-state index in [1.54, 1.807) is 6.92 Å². The van der Waals surface area contributed by atoms with Crippen LogP contribution in [0.25, 0.3) is 0 Å². The van der Waals surface area contributed by atoms with Crippen LogP contribution < -0.4 is 4.72 Å². The summed E-state index contributed by atoms with van der Waals surface area (Å²) in [6.07, 6.45) is 0.275. The minimum Gasteiger partial charge on any atom is -0.477 e. The van der Waals surface area contributed by atoms with Crippen LogP contribution in [0.1, 0.15) is 29.4 Å². The zero-order valence-electron chi connectivity index (χ0n) is 9.79. The van der Waals surface area contributed by atoms with Crippen LogP contribution in [0.15, 0.2) is 16.3 Å². The molecule has 0 aliphatic heterocycles. The van der Waals surface area contributed by atoms with Gasteiger partial charge in [0.25, 0.3) is 0 Å². The number of hydrogen-bond acceptors (Lipinski definition) is 5. The van der Waals surface area contributed by atoms with Crippen LogP contribution in [0.2, 0.25) is 0 Å². The van der Waals surface area contributed by atoms with Gasteiger partial charge in [-0.2, -0.15) is 0 Å². The highest BCUT2D eigenvalue weighted by Crippen LogP contribution is 2.21. The van der Waals surface area contributed by atoms with E-state index in [0.717, 1.165) is 11.3 Å². The standard InChI is InChI=1S/C10H15NO5S2/c1-2-7(12)3-5-11-18(15,16)8-4-6-17-9(8)10(13)14/h4,6-7,11-12H,2-3,5H2,1H3,(H,13,14). The minimum absolute atomic E-state index is 0.0756. The Hall–Kier alpha value is -0.960. The minimum atomic E-state index is -3.83. The Labute approximate surface area is 109 Å². The van der Waals surface area contributed by atoms with Crippen molar-refractivity contribution in [1.82, 2.24) is 4.72 Å². The zero-order valence-corrected chi connectivity index (χ0v) is 11.4. The predicted octanol–water partition coefficient (Wildman–Crippen LogP) is 0.886. The van der Waals surface area contributed by atoms with Crippen molar-refractivity contribution in [3.63, 3.8) is 0 Å². The fraction of sp³-hybridized carbons (Fsp3) is 0.500. The van der Waals surface area contributed by atoms with Crippen molar-refractivity contribution in [2.24, 2.45) is 0 Å². The Bertz CT molecular complexity index is 508. The van der Waals surface area contributed by atoms with Crippen molar-refractivity contribution < 1.29 is 23.4 Å². The van der Waals surface area contributed by atoms with Crippen LogP contribution >= 0.6 is 11.3 Å². The Balaban J connectivity index is 2.75. The molecule has 0 spiro atoms. The number of nitrogens with one attached hydrogen (secondary N) is 1. The van der Waals surface area contributed by atoms with E-state index in [9.17, 15) is 18.3 Å². The number of aliphatic hydroxyl groups excluding tert-OH is 1. The number of carboxylic acid groups (broad SMARTS) is 1. The van der Waals surface area contributed by atoms with Gasteiger partial charge in [-0.25, -0.2) is 17.9 Å². The highest BCUT2D eigenvalue weighted by atomic mass is 32.2. The molecule has 1 rings (SSSR count). The molecule has 0 aliphatic carbocycles. The van der Waals surface area contributed by atoms with E-state index in [4.69, 9.17) is 5.11 Å². The Morgan fingerprint density at radius 1 is 1.56 bits per heavy atom. The summed E-state index contributed by atoms with van der Waals surface area (Å²) in [6.45, 7) is 1.87. The first-order chi connectivity index (χ1) is 8.38. The van der Waals surface area contributed by atoms with E-state index in [1.807, 2.05) is 0 Å². The van der Waals surface area contributed by atoms with Gasteiger partial charge in [-0.3, -0.25) is 0 Å². The molecular weight excluding hydrogens is 278 g/mol. The molecule has 0 bridgehead atoms. The average molecular weight is 293 g/mol. The van der Waals surface area contributed by atoms with Crippen molar-refractivity contribution in [3.05, 3.63) is 16.3 Å². The third-order valence-electron chi connectivity index (χ3n) is 2.35. The van der Waals surface area contributed by atoms with Gasteiger partial charge in [-0.1, -0.05) is 6.92 Å². The third-order valence-corrected chi connectivity index (χ3v) is 4.89. The smallest absolute Gasteiger partial charge is 0.347 e. The molecule has 102 valence electrons. The van der Waals surface area contributed by atoms with E-state index in [0.29, 0.717) is 12.8 Å². The summed E-state index contributed by atoms with van der Waals surface area (Å²) in [5.41, 5.74) is 0. The molecule has 1 unspecified atom stereocenters. The van der Waals surface area contributed by atoms with E-state index in [2.05, 4.69) is 4.72 Å². The molecule has 0 saturated carbocycles. The number of aromatic carboxylic acids is 1. The summed E-state index contributed by atoms with van der Waals surface area (Å²) in [6, 6.07) is 1.26. The van der Waals surface area contributed by atoms with Crippen molar-refractivity contribution >= 4 is 27.3 Å². The Morgan fingerprint density at radius 3 is 2.78 bits per heavy atom. The Kier molecular flexibility index (Phi) is 5.27. The van der Waals surface area contributed by atoms with Crippen molar-refractivity contribution in [1.29, 1.82) is 0 Å². The van der Waals surface area contributed by atoms with E-state index in [1.165, 1.54) is 11.4 Å². The summed E-state index contributed by atoms with van der Waals surface area (Å²) in [4.78, 5) is 10.4. The molecule has 1 heterocycles. The van der Waals surface area contributed by atoms with Gasteiger partial charge < -0.3 is 10.2 Å². The van der Waals surface area contributed by atoms with Crippen LogP contribution in [0.5, 0.6) is 0 Å². The second-order valence-corrected chi connectivity index (χ2v) is 6.32. The molecular formula is C10H15NO5S2. The molecule has 18 heavy (non-hydrogen) atoms. The van der Waals surface area contributed by atoms with Crippen LogP contribution in [-0.4, -0.2) is 37.2 Å². The number of thiophene rings is 1. The van der Waals surface area contributed by atoms with Gasteiger partial charge >= 0.3 is 5.97 Å². The summed E-state index contributed by atoms with van der Waals surface area (Å²) >= 11 is 0.861. The van der Waals surface area contributed by atoms with E-state index >= 15 is 0 Å². The zero-order chi connectivity index (χ0) is 13.8. The van der Waals surface area contributed by atoms with Gasteiger partial charge in [-0.05, 0) is 24.3 Å². The molecule has 1 aromatic heterocycles. The second kappa shape index (κ2) is 6.28. The topological polar surface area (TPSA) is 104 Å². The van der Waals surface area contributed by atoms with Crippen molar-refractivity contribution in [2.75, 3.05) is 6.54 Å². The van der Waals surface area contributed by atoms with Crippen LogP contribution in [0, 0.1) is 0 Å². The van der Waals surface area contributed by atoms with E-state index < -0.39 is 22.1 Å². The first-order valence-electron chi connectivity index (χ1n) is 5.37. The third kappa shape index (κ3) is 3.77. The number of carboxylic acids is 1. The molecule has 0 fully saturated rings. The van der Waals surface area contributed by atoms with Gasteiger partial charge in [-0.15, -0.1) is 11.3 Å². The Morgan fingerprint density at radius 2 is 2.22 bits per heavy atom. The summed E-state index contributed by atoms with van der Waals surface area (Å²) in [5.74, 6) is -1.26. The highest BCUT2D eigenvalue weighted by Gasteiger charge is 2.23. The number of carbonyl (C=O) groups is 1. The monoisotopic (exact) mass is 293 g/mol. The largest absolute Gasteiger partial charge is 0.477 e. The molecule has 8 heteroatoms. The van der Waals surface area contributed by atoms with Gasteiger partial charge in [0.1, 0.15) is 9.77 Å². The van der Waals surface area contributed by atoms with Crippen molar-refractivity contribution in [2.45, 2.75) is 30.8 Å². The number of aliphatic hydroxyl groups is 1. The van der Waals surface area contributed by atoms with E-state index in [-0.39, 0.29) is 16.3 Å². The quantitative estimate of drug-likeness (QED) is 0.692. The number of sulfonamides is 1. The summed E-state index contributed by atoms with van der Waals surface area (Å²) in [5, 5.41) is 19.6. The first-order valence-corrected chi connectivity index (χ1v) is 7.73. The molecule has 0 amide bonds. The molecule has 0 aromatic carbocycles. The summed E-state index contributed by atoms with van der Waals surface area (Å²) in [7, 11) is -3.83. The molecule has 1 aromatic rings. The molecule has 3 N–H and O–H groups in total. The lowest BCUT2D eigenvalue weighted by Crippen LogP contribution is -2.28. The van der Waals surface area contributed by atoms with Crippen LogP contribution in [0.3, 0.4) is 0 Å². The molecule has 0 aliphatic rings. The fourth-order valence-corrected chi connectivity index (χ4v) is 3.61. The normalized spacial score (nSPS) is 13.4. The van der Waals surface area contributed by atoms with Crippen LogP contribution in [0.4, 0.5) is 0 Å². The van der Waals surface area contributed by atoms with Gasteiger partial charge in [0.05, 0.1) is 6.10 Å².